The summed E-state index contributed by atoms with van der Waals surface area (Å²) in [5.74, 6) is -6.47. The van der Waals surface area contributed by atoms with E-state index in [1.165, 1.54) is 25.3 Å². The number of rotatable bonds is 6. The van der Waals surface area contributed by atoms with Crippen molar-refractivity contribution in [3.05, 3.63) is 47.7 Å². The molecule has 1 aliphatic heterocycles. The molecule has 180 valence electrons. The van der Waals surface area contributed by atoms with Crippen molar-refractivity contribution in [2.75, 3.05) is 17.1 Å². The van der Waals surface area contributed by atoms with Crippen LogP contribution in [0.2, 0.25) is 0 Å². The molecule has 13 heteroatoms. The van der Waals surface area contributed by atoms with Crippen molar-refractivity contribution in [2.45, 2.75) is 37.6 Å². The molecule has 0 aliphatic carbocycles. The first-order valence-electron chi connectivity index (χ1n) is 9.59. The molecule has 4 atom stereocenters. The molecular weight excluding hydrogens is 471 g/mol. The highest BCUT2D eigenvalue weighted by Crippen LogP contribution is 2.55. The summed E-state index contributed by atoms with van der Waals surface area (Å²) < 4.78 is 82.9. The largest absolute Gasteiger partial charge is 0.493 e. The van der Waals surface area contributed by atoms with Gasteiger partial charge in [-0.2, -0.15) is 17.6 Å². The topological polar surface area (TPSA) is 98.5 Å². The molecule has 3 rings (SSSR count). The fraction of sp³-hybridized carbons (Fsp3) is 0.400. The fourth-order valence-electron chi connectivity index (χ4n) is 3.88. The van der Waals surface area contributed by atoms with E-state index >= 15 is 0 Å². The Morgan fingerprint density at radius 2 is 2.00 bits per heavy atom. The van der Waals surface area contributed by atoms with Crippen LogP contribution in [0, 0.1) is 17.6 Å². The Bertz CT molecular complexity index is 1040. The zero-order chi connectivity index (χ0) is 24.6. The number of nitrogens with one attached hydrogen (secondary N) is 2. The molecule has 1 amide bonds. The zero-order valence-electron chi connectivity index (χ0n) is 17.7. The normalized spacial score (nSPS) is 25.1. The maximum Gasteiger partial charge on any atom is 0.417 e. The summed E-state index contributed by atoms with van der Waals surface area (Å²) in [6, 6.07) is 4.69. The molecule has 0 saturated carbocycles. The molecule has 1 aliphatic rings. The fourth-order valence-corrected chi connectivity index (χ4v) is 4.11. The number of anilines is 2. The number of amides is 1. The highest BCUT2D eigenvalue weighted by molar-refractivity contribution is 7.98. The summed E-state index contributed by atoms with van der Waals surface area (Å²) >= 11 is 0.760. The minimum Gasteiger partial charge on any atom is -0.493 e. The SMILES string of the molecule is COc1c(C2C(C)[C@](C)(C(F)(F)F)O[C@H]2C(=O)Nc2ccnc(NSN)c2)ccc(F)c1F. The van der Waals surface area contributed by atoms with Gasteiger partial charge in [0.15, 0.2) is 17.2 Å². The Morgan fingerprint density at radius 3 is 2.61 bits per heavy atom. The third-order valence-corrected chi connectivity index (χ3v) is 6.09. The first-order chi connectivity index (χ1) is 15.4. The maximum atomic E-state index is 14.4. The molecule has 2 aromatic rings. The number of benzene rings is 1. The number of carbonyl (C=O) groups excluding carboxylic acids is 1. The third kappa shape index (κ3) is 4.57. The molecule has 0 spiro atoms. The van der Waals surface area contributed by atoms with Gasteiger partial charge in [-0.25, -0.2) is 9.37 Å². The number of ether oxygens (including phenoxy) is 2. The third-order valence-electron chi connectivity index (χ3n) is 5.76. The molecule has 0 radical (unpaired) electrons. The van der Waals surface area contributed by atoms with E-state index in [0.717, 1.165) is 38.3 Å². The van der Waals surface area contributed by atoms with Crippen LogP contribution in [0.1, 0.15) is 25.3 Å². The van der Waals surface area contributed by atoms with Crippen molar-refractivity contribution in [2.24, 2.45) is 11.1 Å². The summed E-state index contributed by atoms with van der Waals surface area (Å²) in [5, 5.41) is 7.80. The van der Waals surface area contributed by atoms with Crippen LogP contribution in [-0.2, 0) is 9.53 Å². The number of carbonyl (C=O) groups is 1. The van der Waals surface area contributed by atoms with Gasteiger partial charge in [-0.15, -0.1) is 0 Å². The van der Waals surface area contributed by atoms with Crippen LogP contribution >= 0.6 is 12.1 Å². The lowest BCUT2D eigenvalue weighted by Crippen LogP contribution is -2.47. The molecule has 1 fully saturated rings. The molecule has 1 aromatic carbocycles. The van der Waals surface area contributed by atoms with E-state index in [2.05, 4.69) is 15.0 Å². The van der Waals surface area contributed by atoms with Gasteiger partial charge in [0, 0.05) is 47.5 Å². The maximum absolute atomic E-state index is 14.4. The zero-order valence-corrected chi connectivity index (χ0v) is 18.5. The Hall–Kier alpha value is -2.64. The highest BCUT2D eigenvalue weighted by Gasteiger charge is 2.65. The second-order valence-electron chi connectivity index (χ2n) is 7.58. The Morgan fingerprint density at radius 1 is 1.30 bits per heavy atom. The Balaban J connectivity index is 2.05. The van der Waals surface area contributed by atoms with Crippen LogP contribution in [0.4, 0.5) is 33.5 Å². The van der Waals surface area contributed by atoms with Crippen molar-refractivity contribution < 1.29 is 36.2 Å². The smallest absolute Gasteiger partial charge is 0.417 e. The Labute approximate surface area is 190 Å². The van der Waals surface area contributed by atoms with Gasteiger partial charge in [0.1, 0.15) is 11.9 Å². The van der Waals surface area contributed by atoms with Crippen molar-refractivity contribution in [1.82, 2.24) is 4.98 Å². The van der Waals surface area contributed by atoms with Gasteiger partial charge in [0.25, 0.3) is 5.91 Å². The average molecular weight is 492 g/mol. The first kappa shape index (κ1) is 25.0. The lowest BCUT2D eigenvalue weighted by Gasteiger charge is -2.32. The first-order valence-corrected chi connectivity index (χ1v) is 10.5. The summed E-state index contributed by atoms with van der Waals surface area (Å²) in [5.41, 5.74) is -2.65. The van der Waals surface area contributed by atoms with Gasteiger partial charge in [0.2, 0.25) is 5.82 Å². The summed E-state index contributed by atoms with van der Waals surface area (Å²) in [6.07, 6.45) is -5.20. The molecular formula is C20H21F5N4O3S. The molecule has 33 heavy (non-hydrogen) atoms. The molecule has 1 saturated heterocycles. The lowest BCUT2D eigenvalue weighted by molar-refractivity contribution is -0.272. The number of pyridine rings is 1. The number of nitrogens with two attached hydrogens (primary N) is 1. The van der Waals surface area contributed by atoms with Crippen LogP contribution < -0.4 is 19.9 Å². The highest BCUT2D eigenvalue weighted by atomic mass is 32.2. The van der Waals surface area contributed by atoms with Crippen molar-refractivity contribution >= 4 is 29.5 Å². The summed E-state index contributed by atoms with van der Waals surface area (Å²) in [6.45, 7) is 2.05. The van der Waals surface area contributed by atoms with Crippen LogP contribution in [0.3, 0.4) is 0 Å². The number of methoxy groups -OCH3 is 1. The van der Waals surface area contributed by atoms with E-state index < -0.39 is 53.0 Å². The number of hydrogen-bond acceptors (Lipinski definition) is 7. The molecule has 2 unspecified atom stereocenters. The summed E-state index contributed by atoms with van der Waals surface area (Å²) in [7, 11) is 1.06. The predicted molar refractivity (Wildman–Crippen MR) is 112 cm³/mol. The van der Waals surface area contributed by atoms with Crippen LogP contribution in [-0.4, -0.2) is 35.9 Å². The molecule has 7 nitrogen and oxygen atoms in total. The van der Waals surface area contributed by atoms with Crippen molar-refractivity contribution in [3.63, 3.8) is 0 Å². The number of halogens is 5. The monoisotopic (exact) mass is 492 g/mol. The molecule has 0 bridgehead atoms. The van der Waals surface area contributed by atoms with Gasteiger partial charge >= 0.3 is 6.18 Å². The standard InChI is InChI=1S/C20H21F5N4O3S/c1-9-14(11-4-5-12(21)15(22)16(11)31-3)17(32-19(9,2)20(23,24)25)18(30)28-10-6-7-27-13(8-10)29-33-26/h4-9,14,17H,26H2,1-3H3,(H2,27,28,29,30)/t9?,14?,17-,19-/m1/s1. The van der Waals surface area contributed by atoms with E-state index in [9.17, 15) is 26.7 Å². The van der Waals surface area contributed by atoms with E-state index in [1.807, 2.05) is 0 Å². The Kier molecular flexibility index (Phi) is 7.05. The molecule has 2 heterocycles. The number of aromatic nitrogens is 1. The minimum atomic E-state index is -4.85. The lowest BCUT2D eigenvalue weighted by atomic mass is 9.77. The van der Waals surface area contributed by atoms with E-state index in [0.29, 0.717) is 5.82 Å². The molecule has 4 N–H and O–H groups in total. The number of hydrogen-bond donors (Lipinski definition) is 3. The summed E-state index contributed by atoms with van der Waals surface area (Å²) in [4.78, 5) is 17.1. The van der Waals surface area contributed by atoms with E-state index in [-0.39, 0.29) is 11.3 Å². The van der Waals surface area contributed by atoms with Crippen LogP contribution in [0.5, 0.6) is 5.75 Å². The van der Waals surface area contributed by atoms with Gasteiger partial charge in [0.05, 0.1) is 7.11 Å². The van der Waals surface area contributed by atoms with E-state index in [4.69, 9.17) is 14.6 Å². The second kappa shape index (κ2) is 9.31. The van der Waals surface area contributed by atoms with Crippen molar-refractivity contribution in [3.8, 4) is 5.75 Å². The van der Waals surface area contributed by atoms with Crippen LogP contribution in [0.25, 0.3) is 0 Å². The minimum absolute atomic E-state index is 0.117. The van der Waals surface area contributed by atoms with Gasteiger partial charge in [-0.3, -0.25) is 9.93 Å². The van der Waals surface area contributed by atoms with Gasteiger partial charge < -0.3 is 19.5 Å². The number of alkyl halides is 3. The van der Waals surface area contributed by atoms with E-state index in [1.54, 1.807) is 0 Å². The number of nitrogens with zero attached hydrogens (tertiary/aromatic N) is 1. The van der Waals surface area contributed by atoms with Crippen LogP contribution in [0.15, 0.2) is 30.5 Å². The molecule has 1 aromatic heterocycles. The second-order valence-corrected chi connectivity index (χ2v) is 8.02. The average Bonchev–Trinajstić information content (AvgIpc) is 3.02. The predicted octanol–water partition coefficient (Wildman–Crippen LogP) is 4.38. The van der Waals surface area contributed by atoms with Gasteiger partial charge in [-0.1, -0.05) is 13.0 Å². The van der Waals surface area contributed by atoms with Crippen molar-refractivity contribution in [1.29, 1.82) is 0 Å². The quantitative estimate of drug-likeness (QED) is 0.407. The van der Waals surface area contributed by atoms with Gasteiger partial charge in [-0.05, 0) is 19.1 Å².